The number of halogens is 1. The molecule has 3 rings (SSSR count). The molecule has 5 nitrogen and oxygen atoms in total. The first-order chi connectivity index (χ1) is 11.0. The van der Waals surface area contributed by atoms with Crippen molar-refractivity contribution in [3.05, 3.63) is 59.5 Å². The summed E-state index contributed by atoms with van der Waals surface area (Å²) in [4.78, 5) is 3.58. The standard InChI is InChI=1S/C15H10FN3O2S2/c16-12-6-10(7-17)3-4-13(12)19-23(20,21)15-9-18-8-11(15)14-2-1-5-22-14/h1-6,8-9,18-19H. The van der Waals surface area contributed by atoms with Gasteiger partial charge in [-0.3, -0.25) is 4.72 Å². The number of hydrogen-bond donors (Lipinski definition) is 2. The third-order valence-electron chi connectivity index (χ3n) is 3.13. The highest BCUT2D eigenvalue weighted by molar-refractivity contribution is 7.92. The van der Waals surface area contributed by atoms with E-state index in [0.29, 0.717) is 5.56 Å². The van der Waals surface area contributed by atoms with Crippen molar-refractivity contribution in [3.63, 3.8) is 0 Å². The van der Waals surface area contributed by atoms with E-state index in [1.165, 1.54) is 29.7 Å². The van der Waals surface area contributed by atoms with Crippen molar-refractivity contribution < 1.29 is 12.8 Å². The molecule has 0 unspecified atom stereocenters. The Balaban J connectivity index is 1.98. The number of thiophene rings is 1. The SMILES string of the molecule is N#Cc1ccc(NS(=O)(=O)c2c[nH]cc2-c2cccs2)c(F)c1. The molecule has 0 aliphatic carbocycles. The van der Waals surface area contributed by atoms with Gasteiger partial charge in [0.15, 0.2) is 0 Å². The number of nitrogens with zero attached hydrogens (tertiary/aromatic N) is 1. The van der Waals surface area contributed by atoms with Gasteiger partial charge in [-0.15, -0.1) is 11.3 Å². The highest BCUT2D eigenvalue weighted by Crippen LogP contribution is 2.32. The smallest absolute Gasteiger partial charge is 0.264 e. The summed E-state index contributed by atoms with van der Waals surface area (Å²) in [6.07, 6.45) is 2.93. The van der Waals surface area contributed by atoms with Gasteiger partial charge in [-0.1, -0.05) is 6.07 Å². The third-order valence-corrected chi connectivity index (χ3v) is 5.43. The summed E-state index contributed by atoms with van der Waals surface area (Å²) in [5.74, 6) is -0.805. The lowest BCUT2D eigenvalue weighted by atomic mass is 10.2. The van der Waals surface area contributed by atoms with E-state index in [4.69, 9.17) is 5.26 Å². The Morgan fingerprint density at radius 2 is 2.09 bits per heavy atom. The predicted molar refractivity (Wildman–Crippen MR) is 86.0 cm³/mol. The van der Waals surface area contributed by atoms with Crippen LogP contribution in [-0.2, 0) is 10.0 Å². The molecule has 0 saturated carbocycles. The molecule has 0 saturated heterocycles. The minimum atomic E-state index is -3.97. The highest BCUT2D eigenvalue weighted by atomic mass is 32.2. The number of benzene rings is 1. The van der Waals surface area contributed by atoms with Crippen molar-refractivity contribution in [2.45, 2.75) is 4.90 Å². The minimum Gasteiger partial charge on any atom is -0.366 e. The summed E-state index contributed by atoms with van der Waals surface area (Å²) in [5.41, 5.74) is 0.426. The molecule has 0 radical (unpaired) electrons. The first-order valence-electron chi connectivity index (χ1n) is 6.44. The first-order valence-corrected chi connectivity index (χ1v) is 8.80. The van der Waals surface area contributed by atoms with Crippen LogP contribution in [0.15, 0.2) is 53.0 Å². The molecule has 0 spiro atoms. The summed E-state index contributed by atoms with van der Waals surface area (Å²) < 4.78 is 41.2. The predicted octanol–water partition coefficient (Wildman–Crippen LogP) is 3.55. The molecule has 0 aliphatic rings. The maximum absolute atomic E-state index is 13.9. The molecule has 2 heterocycles. The molecule has 0 bridgehead atoms. The van der Waals surface area contributed by atoms with E-state index in [1.54, 1.807) is 18.3 Å². The van der Waals surface area contributed by atoms with E-state index in [0.717, 1.165) is 10.9 Å². The van der Waals surface area contributed by atoms with Gasteiger partial charge in [-0.25, -0.2) is 12.8 Å². The lowest BCUT2D eigenvalue weighted by Crippen LogP contribution is -2.14. The maximum atomic E-state index is 13.9. The lowest BCUT2D eigenvalue weighted by molar-refractivity contribution is 0.599. The van der Waals surface area contributed by atoms with Crippen LogP contribution in [0.1, 0.15) is 5.56 Å². The average molecular weight is 347 g/mol. The number of anilines is 1. The molecule has 2 N–H and O–H groups in total. The number of nitrogens with one attached hydrogen (secondary N) is 2. The van der Waals surface area contributed by atoms with Gasteiger partial charge >= 0.3 is 0 Å². The zero-order chi connectivity index (χ0) is 16.4. The topological polar surface area (TPSA) is 85.8 Å². The van der Waals surface area contributed by atoms with Gasteiger partial charge in [0.2, 0.25) is 0 Å². The number of aromatic amines is 1. The van der Waals surface area contributed by atoms with E-state index in [2.05, 4.69) is 9.71 Å². The Hall–Kier alpha value is -2.63. The van der Waals surface area contributed by atoms with Gasteiger partial charge in [0, 0.05) is 22.8 Å². The maximum Gasteiger partial charge on any atom is 0.264 e. The molecule has 3 aromatic rings. The molecule has 0 amide bonds. The van der Waals surface area contributed by atoms with Crippen LogP contribution in [-0.4, -0.2) is 13.4 Å². The van der Waals surface area contributed by atoms with Crippen LogP contribution in [0.2, 0.25) is 0 Å². The van der Waals surface area contributed by atoms with E-state index in [-0.39, 0.29) is 16.1 Å². The second-order valence-electron chi connectivity index (χ2n) is 4.62. The van der Waals surface area contributed by atoms with E-state index >= 15 is 0 Å². The summed E-state index contributed by atoms with van der Waals surface area (Å²) >= 11 is 1.40. The number of rotatable bonds is 4. The fraction of sp³-hybridized carbons (Fsp3) is 0. The molecular formula is C15H10FN3O2S2. The second kappa shape index (κ2) is 5.87. The Morgan fingerprint density at radius 3 is 2.74 bits per heavy atom. The zero-order valence-corrected chi connectivity index (χ0v) is 13.2. The first kappa shape index (κ1) is 15.3. The van der Waals surface area contributed by atoms with Gasteiger partial charge in [-0.2, -0.15) is 5.26 Å². The van der Waals surface area contributed by atoms with Crippen molar-refractivity contribution in [3.8, 4) is 16.5 Å². The van der Waals surface area contributed by atoms with Gasteiger partial charge in [-0.05, 0) is 29.6 Å². The molecular weight excluding hydrogens is 337 g/mol. The van der Waals surface area contributed by atoms with Gasteiger partial charge in [0.05, 0.1) is 17.3 Å². The van der Waals surface area contributed by atoms with E-state index in [9.17, 15) is 12.8 Å². The Labute approximate surface area is 136 Å². The summed E-state index contributed by atoms with van der Waals surface area (Å²) in [6, 6.07) is 8.96. The van der Waals surface area contributed by atoms with Crippen molar-refractivity contribution in [2.75, 3.05) is 4.72 Å². The van der Waals surface area contributed by atoms with Gasteiger partial charge < -0.3 is 4.98 Å². The third kappa shape index (κ3) is 2.97. The molecule has 116 valence electrons. The quantitative estimate of drug-likeness (QED) is 0.757. The van der Waals surface area contributed by atoms with Gasteiger partial charge in [0.1, 0.15) is 10.7 Å². The summed E-state index contributed by atoms with van der Waals surface area (Å²) in [7, 11) is -3.97. The minimum absolute atomic E-state index is 0.0312. The molecule has 0 aliphatic heterocycles. The van der Waals surface area contributed by atoms with Gasteiger partial charge in [0.25, 0.3) is 10.0 Å². The molecule has 0 fully saturated rings. The Morgan fingerprint density at radius 1 is 1.26 bits per heavy atom. The normalized spacial score (nSPS) is 11.1. The van der Waals surface area contributed by atoms with Crippen molar-refractivity contribution in [1.29, 1.82) is 5.26 Å². The van der Waals surface area contributed by atoms with Crippen LogP contribution >= 0.6 is 11.3 Å². The molecule has 23 heavy (non-hydrogen) atoms. The van der Waals surface area contributed by atoms with Crippen LogP contribution in [0.4, 0.5) is 10.1 Å². The van der Waals surface area contributed by atoms with Crippen LogP contribution in [0, 0.1) is 17.1 Å². The van der Waals surface area contributed by atoms with Crippen LogP contribution in [0.25, 0.3) is 10.4 Å². The number of aromatic nitrogens is 1. The van der Waals surface area contributed by atoms with E-state index < -0.39 is 15.8 Å². The average Bonchev–Trinajstić information content (AvgIpc) is 3.19. The Bertz CT molecular complexity index is 986. The zero-order valence-electron chi connectivity index (χ0n) is 11.6. The lowest BCUT2D eigenvalue weighted by Gasteiger charge is -2.09. The molecule has 8 heteroatoms. The van der Waals surface area contributed by atoms with Crippen LogP contribution in [0.3, 0.4) is 0 Å². The number of H-pyrrole nitrogens is 1. The molecule has 1 aromatic carbocycles. The number of nitriles is 1. The summed E-state index contributed by atoms with van der Waals surface area (Å²) in [5, 5.41) is 10.6. The Kier molecular flexibility index (Phi) is 3.90. The number of sulfonamides is 1. The summed E-state index contributed by atoms with van der Waals surface area (Å²) in [6.45, 7) is 0. The highest BCUT2D eigenvalue weighted by Gasteiger charge is 2.22. The second-order valence-corrected chi connectivity index (χ2v) is 7.22. The largest absolute Gasteiger partial charge is 0.366 e. The van der Waals surface area contributed by atoms with Crippen molar-refractivity contribution in [2.24, 2.45) is 0 Å². The van der Waals surface area contributed by atoms with Crippen LogP contribution < -0.4 is 4.72 Å². The number of hydrogen-bond acceptors (Lipinski definition) is 4. The monoisotopic (exact) mass is 347 g/mol. The van der Waals surface area contributed by atoms with Crippen molar-refractivity contribution in [1.82, 2.24) is 4.98 Å². The molecule has 2 aromatic heterocycles. The molecule has 0 atom stereocenters. The van der Waals surface area contributed by atoms with E-state index in [1.807, 2.05) is 11.4 Å². The van der Waals surface area contributed by atoms with Crippen LogP contribution in [0.5, 0.6) is 0 Å². The fourth-order valence-corrected chi connectivity index (χ4v) is 4.13. The fourth-order valence-electron chi connectivity index (χ4n) is 2.06. The van der Waals surface area contributed by atoms with Crippen molar-refractivity contribution >= 4 is 27.0 Å².